The number of methoxy groups -OCH3 is 1. The lowest BCUT2D eigenvalue weighted by Crippen LogP contribution is -2.14. The number of hydrogen-bond donors (Lipinski definition) is 3. The predicted octanol–water partition coefficient (Wildman–Crippen LogP) is 4.89. The van der Waals surface area contributed by atoms with Crippen molar-refractivity contribution in [3.8, 4) is 21.9 Å². The van der Waals surface area contributed by atoms with Crippen molar-refractivity contribution >= 4 is 38.1 Å². The van der Waals surface area contributed by atoms with E-state index in [9.17, 15) is 18.3 Å². The molecular weight excluding hydrogens is 474 g/mol. The minimum Gasteiger partial charge on any atom is -0.508 e. The first-order valence-electron chi connectivity index (χ1n) is 10.1. The Labute approximate surface area is 200 Å². The molecule has 1 amide bonds. The molecule has 3 N–H and O–H groups in total. The standard InChI is InChI=1S/C24H21N3O5S2/c1-15-22(33-24(25-15)26-23(29)16-6-4-3-5-7-16)17-8-13-20(32-2)21(14-17)34(30,31)27-18-9-11-19(28)12-10-18/h3-14,27-28H,1-2H3,(H,25,26,29). The number of thiazole rings is 1. The summed E-state index contributed by atoms with van der Waals surface area (Å²) < 4.78 is 34.0. The van der Waals surface area contributed by atoms with Crippen LogP contribution in [0.5, 0.6) is 11.5 Å². The molecule has 3 aromatic carbocycles. The minimum absolute atomic E-state index is 0.0263. The molecule has 0 fully saturated rings. The van der Waals surface area contributed by atoms with Crippen LogP contribution in [0.3, 0.4) is 0 Å². The number of carbonyl (C=O) groups excluding carboxylic acids is 1. The van der Waals surface area contributed by atoms with Crippen LogP contribution in [0.25, 0.3) is 10.4 Å². The average molecular weight is 496 g/mol. The summed E-state index contributed by atoms with van der Waals surface area (Å²) in [6.07, 6.45) is 0. The molecule has 0 aliphatic rings. The van der Waals surface area contributed by atoms with Gasteiger partial charge in [-0.1, -0.05) is 29.5 Å². The second kappa shape index (κ2) is 9.54. The molecule has 0 saturated heterocycles. The highest BCUT2D eigenvalue weighted by molar-refractivity contribution is 7.92. The highest BCUT2D eigenvalue weighted by atomic mass is 32.2. The lowest BCUT2D eigenvalue weighted by molar-refractivity contribution is 0.102. The van der Waals surface area contributed by atoms with Crippen molar-refractivity contribution in [3.63, 3.8) is 0 Å². The summed E-state index contributed by atoms with van der Waals surface area (Å²) in [6.45, 7) is 1.79. The number of anilines is 2. The lowest BCUT2D eigenvalue weighted by atomic mass is 10.1. The van der Waals surface area contributed by atoms with Crippen molar-refractivity contribution in [2.45, 2.75) is 11.8 Å². The summed E-state index contributed by atoms with van der Waals surface area (Å²) in [5.41, 5.74) is 2.07. The number of nitrogens with one attached hydrogen (secondary N) is 2. The Morgan fingerprint density at radius 2 is 1.74 bits per heavy atom. The van der Waals surface area contributed by atoms with Crippen LogP contribution < -0.4 is 14.8 Å². The number of sulfonamides is 1. The monoisotopic (exact) mass is 495 g/mol. The molecule has 0 radical (unpaired) electrons. The quantitative estimate of drug-likeness (QED) is 0.314. The number of ether oxygens (including phenoxy) is 1. The number of hydrogen-bond acceptors (Lipinski definition) is 7. The van der Waals surface area contributed by atoms with E-state index < -0.39 is 10.0 Å². The van der Waals surface area contributed by atoms with Gasteiger partial charge in [-0.2, -0.15) is 0 Å². The number of amides is 1. The van der Waals surface area contributed by atoms with Gasteiger partial charge in [-0.15, -0.1) is 0 Å². The first-order chi connectivity index (χ1) is 16.3. The molecule has 4 rings (SSSR count). The number of aromatic nitrogens is 1. The van der Waals surface area contributed by atoms with Crippen LogP contribution in [0.15, 0.2) is 77.7 Å². The van der Waals surface area contributed by atoms with Crippen LogP contribution in [0.4, 0.5) is 10.8 Å². The Bertz CT molecular complexity index is 1430. The van der Waals surface area contributed by atoms with Crippen LogP contribution in [0.1, 0.15) is 16.1 Å². The summed E-state index contributed by atoms with van der Waals surface area (Å²) >= 11 is 1.25. The maximum Gasteiger partial charge on any atom is 0.265 e. The van der Waals surface area contributed by atoms with Crippen LogP contribution in [-0.2, 0) is 10.0 Å². The second-order valence-corrected chi connectivity index (χ2v) is 9.92. The van der Waals surface area contributed by atoms with Crippen molar-refractivity contribution in [2.24, 2.45) is 0 Å². The fraction of sp³-hybridized carbons (Fsp3) is 0.0833. The van der Waals surface area contributed by atoms with Gasteiger partial charge in [0.2, 0.25) is 0 Å². The Balaban J connectivity index is 1.65. The third kappa shape index (κ3) is 5.03. The summed E-state index contributed by atoms with van der Waals surface area (Å²) in [5.74, 6) is -0.0786. The number of phenolic OH excluding ortho intramolecular Hbond substituents is 1. The van der Waals surface area contributed by atoms with Gasteiger partial charge < -0.3 is 9.84 Å². The lowest BCUT2D eigenvalue weighted by Gasteiger charge is -2.13. The highest BCUT2D eigenvalue weighted by Crippen LogP contribution is 2.37. The van der Waals surface area contributed by atoms with Gasteiger partial charge in [-0.05, 0) is 67.1 Å². The summed E-state index contributed by atoms with van der Waals surface area (Å²) in [7, 11) is -2.61. The molecule has 8 nitrogen and oxygen atoms in total. The predicted molar refractivity (Wildman–Crippen MR) is 132 cm³/mol. The van der Waals surface area contributed by atoms with E-state index in [4.69, 9.17) is 4.74 Å². The van der Waals surface area contributed by atoms with Crippen molar-refractivity contribution in [3.05, 3.63) is 84.1 Å². The molecule has 34 heavy (non-hydrogen) atoms. The van der Waals surface area contributed by atoms with Gasteiger partial charge in [0, 0.05) is 11.3 Å². The molecule has 0 aliphatic heterocycles. The van der Waals surface area contributed by atoms with Crippen molar-refractivity contribution in [1.29, 1.82) is 0 Å². The third-order valence-electron chi connectivity index (χ3n) is 4.89. The molecule has 1 aromatic heterocycles. The zero-order chi connectivity index (χ0) is 24.3. The molecule has 0 unspecified atom stereocenters. The van der Waals surface area contributed by atoms with Gasteiger partial charge in [0.15, 0.2) is 5.13 Å². The van der Waals surface area contributed by atoms with Crippen molar-refractivity contribution in [1.82, 2.24) is 4.98 Å². The topological polar surface area (TPSA) is 118 Å². The summed E-state index contributed by atoms with van der Waals surface area (Å²) in [4.78, 5) is 17.6. The fourth-order valence-electron chi connectivity index (χ4n) is 3.24. The van der Waals surface area contributed by atoms with Crippen molar-refractivity contribution in [2.75, 3.05) is 17.1 Å². The summed E-state index contributed by atoms with van der Waals surface area (Å²) in [6, 6.07) is 19.3. The van der Waals surface area contributed by atoms with E-state index in [0.717, 1.165) is 0 Å². The minimum atomic E-state index is -4.00. The fourth-order valence-corrected chi connectivity index (χ4v) is 5.46. The van der Waals surface area contributed by atoms with Crippen LogP contribution >= 0.6 is 11.3 Å². The summed E-state index contributed by atoms with van der Waals surface area (Å²) in [5, 5.41) is 12.6. The first-order valence-corrected chi connectivity index (χ1v) is 12.4. The average Bonchev–Trinajstić information content (AvgIpc) is 3.20. The maximum absolute atomic E-state index is 13.1. The molecule has 0 aliphatic carbocycles. The zero-order valence-electron chi connectivity index (χ0n) is 18.3. The number of carbonyl (C=O) groups is 1. The number of phenols is 1. The molecule has 0 spiro atoms. The Hall–Kier alpha value is -3.89. The highest BCUT2D eigenvalue weighted by Gasteiger charge is 2.22. The van der Waals surface area contributed by atoms with E-state index in [0.29, 0.717) is 32.5 Å². The number of nitrogens with zero attached hydrogens (tertiary/aromatic N) is 1. The normalized spacial score (nSPS) is 11.1. The zero-order valence-corrected chi connectivity index (χ0v) is 19.9. The van der Waals surface area contributed by atoms with E-state index in [2.05, 4.69) is 15.0 Å². The van der Waals surface area contributed by atoms with Crippen LogP contribution in [0, 0.1) is 6.92 Å². The van der Waals surface area contributed by atoms with E-state index in [-0.39, 0.29) is 22.3 Å². The maximum atomic E-state index is 13.1. The SMILES string of the molecule is COc1ccc(-c2sc(NC(=O)c3ccccc3)nc2C)cc1S(=O)(=O)Nc1ccc(O)cc1. The van der Waals surface area contributed by atoms with Crippen LogP contribution in [0.2, 0.25) is 0 Å². The van der Waals surface area contributed by atoms with Gasteiger partial charge in [0.1, 0.15) is 16.4 Å². The van der Waals surface area contributed by atoms with Gasteiger partial charge >= 0.3 is 0 Å². The van der Waals surface area contributed by atoms with Gasteiger partial charge in [-0.3, -0.25) is 14.8 Å². The van der Waals surface area contributed by atoms with E-state index in [1.54, 1.807) is 43.3 Å². The van der Waals surface area contributed by atoms with E-state index >= 15 is 0 Å². The number of aromatic hydroxyl groups is 1. The van der Waals surface area contributed by atoms with E-state index in [1.165, 1.54) is 48.8 Å². The van der Waals surface area contributed by atoms with Gasteiger partial charge in [-0.25, -0.2) is 13.4 Å². The van der Waals surface area contributed by atoms with Gasteiger partial charge in [0.05, 0.1) is 17.7 Å². The molecule has 0 atom stereocenters. The number of aryl methyl sites for hydroxylation is 1. The Morgan fingerprint density at radius 3 is 2.41 bits per heavy atom. The Morgan fingerprint density at radius 1 is 1.03 bits per heavy atom. The third-order valence-corrected chi connectivity index (χ3v) is 7.41. The molecule has 174 valence electrons. The molecule has 10 heteroatoms. The molecule has 0 bridgehead atoms. The number of benzene rings is 3. The van der Waals surface area contributed by atoms with Crippen molar-refractivity contribution < 1.29 is 23.1 Å². The Kier molecular flexibility index (Phi) is 6.53. The van der Waals surface area contributed by atoms with Gasteiger partial charge in [0.25, 0.3) is 15.9 Å². The molecule has 1 heterocycles. The smallest absolute Gasteiger partial charge is 0.265 e. The number of rotatable bonds is 7. The first kappa shape index (κ1) is 23.3. The largest absolute Gasteiger partial charge is 0.508 e. The molecular formula is C24H21N3O5S2. The molecule has 0 saturated carbocycles. The second-order valence-electron chi connectivity index (χ2n) is 7.27. The van der Waals surface area contributed by atoms with E-state index in [1.807, 2.05) is 6.07 Å². The van der Waals surface area contributed by atoms with Crippen LogP contribution in [-0.4, -0.2) is 31.5 Å². The molecule has 4 aromatic rings.